The summed E-state index contributed by atoms with van der Waals surface area (Å²) in [7, 11) is 0. The van der Waals surface area contributed by atoms with Crippen molar-refractivity contribution in [3.63, 3.8) is 0 Å². The van der Waals surface area contributed by atoms with E-state index in [1.165, 1.54) is 184 Å². The van der Waals surface area contributed by atoms with E-state index in [-0.39, 0.29) is 0 Å². The van der Waals surface area contributed by atoms with Crippen molar-refractivity contribution in [3.05, 3.63) is 140 Å². The molecule has 0 bridgehead atoms. The number of hydrogen-bond donors (Lipinski definition) is 0. The number of unbranched alkanes of at least 4 members (excludes halogenated alkanes) is 12. The Labute approximate surface area is 455 Å². The van der Waals surface area contributed by atoms with Crippen molar-refractivity contribution in [2.45, 2.75) is 152 Å². The molecule has 71 heavy (non-hydrogen) atoms. The molecule has 0 radical (unpaired) electrons. The molecule has 2 aromatic carbocycles. The summed E-state index contributed by atoms with van der Waals surface area (Å²) >= 11 is 8.33. The minimum absolute atomic E-state index is 1.13. The first-order valence-corrected chi connectivity index (χ1v) is 38.7. The average Bonchev–Trinajstić information content (AvgIpc) is 4.26. The molecular weight excluding hydrogens is 1080 g/mol. The van der Waals surface area contributed by atoms with E-state index in [9.17, 15) is 0 Å². The second-order valence-corrected chi connectivity index (χ2v) is 38.3. The third kappa shape index (κ3) is 13.3. The van der Waals surface area contributed by atoms with E-state index in [1.807, 2.05) is 68.0 Å². The molecule has 0 atom stereocenters. The summed E-state index contributed by atoms with van der Waals surface area (Å²) in [5.41, 5.74) is 5.25. The van der Waals surface area contributed by atoms with Gasteiger partial charge in [0, 0.05) is 9.75 Å². The summed E-state index contributed by atoms with van der Waals surface area (Å²) in [6.07, 6.45) is 23.7. The van der Waals surface area contributed by atoms with Crippen molar-refractivity contribution in [2.24, 2.45) is 0 Å². The van der Waals surface area contributed by atoms with Crippen LogP contribution in [0.5, 0.6) is 0 Å². The van der Waals surface area contributed by atoms with Crippen LogP contribution in [-0.4, -0.2) is 18.4 Å². The Hall–Kier alpha value is -3.44. The van der Waals surface area contributed by atoms with Gasteiger partial charge in [-0.15, -0.1) is 22.7 Å². The van der Waals surface area contributed by atoms with Crippen LogP contribution in [0.15, 0.2) is 109 Å². The van der Waals surface area contributed by atoms with E-state index in [4.69, 9.17) is 0 Å². The van der Waals surface area contributed by atoms with E-state index in [0.29, 0.717) is 0 Å². The Morgan fingerprint density at radius 1 is 0.324 bits per heavy atom. The molecule has 0 fully saturated rings. The van der Waals surface area contributed by atoms with Gasteiger partial charge in [0.15, 0.2) is 0 Å². The quantitative estimate of drug-likeness (QED) is 0.0321. The summed E-state index contributed by atoms with van der Waals surface area (Å²) in [5.74, 6) is 14.5. The topological polar surface area (TPSA) is 0 Å². The Kier molecular flexibility index (Phi) is 19.3. The number of rotatable bonds is 24. The predicted molar refractivity (Wildman–Crippen MR) is 324 cm³/mol. The van der Waals surface area contributed by atoms with Crippen molar-refractivity contribution in [1.82, 2.24) is 0 Å². The van der Waals surface area contributed by atoms with Gasteiger partial charge in [0.2, 0.25) is 0 Å². The van der Waals surface area contributed by atoms with Crippen molar-refractivity contribution in [1.29, 1.82) is 0 Å². The van der Waals surface area contributed by atoms with Crippen molar-refractivity contribution < 1.29 is 0 Å². The molecule has 0 saturated heterocycles. The van der Waals surface area contributed by atoms with Gasteiger partial charge in [0.25, 0.3) is 0 Å². The maximum atomic E-state index is 3.66. The summed E-state index contributed by atoms with van der Waals surface area (Å²) in [6.45, 7) is 9.32. The number of benzene rings is 2. The molecule has 6 aromatic heterocycles. The number of thiophene rings is 6. The molecule has 366 valence electrons. The fraction of sp³-hybridized carbons (Fsp3) is 0.375. The Morgan fingerprint density at radius 3 is 1.10 bits per heavy atom. The third-order valence-corrected chi connectivity index (χ3v) is 36.6. The maximum Gasteiger partial charge on any atom is -0.139 e. The summed E-state index contributed by atoms with van der Waals surface area (Å²) in [4.78, 5) is 16.2. The molecule has 0 nitrogen and oxygen atoms in total. The van der Waals surface area contributed by atoms with Crippen LogP contribution >= 0.6 is 68.0 Å². The molecule has 0 amide bonds. The molecule has 0 unspecified atom stereocenters. The first-order valence-electron chi connectivity index (χ1n) is 26.9. The normalized spacial score (nSPS) is 12.4. The zero-order valence-electron chi connectivity index (χ0n) is 42.5. The van der Waals surface area contributed by atoms with Crippen LogP contribution in [-0.2, 0) is 12.8 Å². The van der Waals surface area contributed by atoms with E-state index < -0.39 is 18.4 Å². The van der Waals surface area contributed by atoms with Gasteiger partial charge < -0.3 is 0 Å². The molecule has 8 aromatic rings. The zero-order valence-corrected chi connectivity index (χ0v) is 50.2. The minimum Gasteiger partial charge on any atom is -0.139 e. The van der Waals surface area contributed by atoms with Gasteiger partial charge in [-0.3, -0.25) is 0 Å². The molecule has 0 aliphatic carbocycles. The number of aryl methyl sites for hydroxylation is 2. The largest absolute Gasteiger partial charge is 0.139 e. The van der Waals surface area contributed by atoms with E-state index in [2.05, 4.69) is 161 Å². The van der Waals surface area contributed by atoms with Gasteiger partial charge in [0.1, 0.15) is 0 Å². The van der Waals surface area contributed by atoms with Crippen LogP contribution in [0, 0.1) is 23.7 Å². The average molecular weight is 1150 g/mol. The third-order valence-electron chi connectivity index (χ3n) is 14.2. The van der Waals surface area contributed by atoms with Gasteiger partial charge in [0.05, 0.1) is 0 Å². The number of fused-ring (bicyclic) bond motifs is 3. The Morgan fingerprint density at radius 2 is 0.676 bits per heavy atom. The van der Waals surface area contributed by atoms with Crippen LogP contribution in [0.4, 0.5) is 0 Å². The SMILES string of the molecule is CCCCCCCCc1ccc(-c2ccc(-c3ccc(C#Cc4ccc5[c](c4)[Sn]([CH2]CCC)([CH2]CCC)[c]4cc(C#Cc6ccc(-c7ccc(-c8ccc(CCCCCCCC)s8)s7)s6)ccc4-5)s3)s2)s1. The molecule has 7 heterocycles. The first kappa shape index (κ1) is 52.4. The van der Waals surface area contributed by atoms with Gasteiger partial charge in [-0.2, -0.15) is 0 Å². The van der Waals surface area contributed by atoms with Crippen molar-refractivity contribution >= 4 is 93.6 Å². The van der Waals surface area contributed by atoms with Gasteiger partial charge in [-0.1, -0.05) is 78.1 Å². The molecule has 0 N–H and O–H groups in total. The van der Waals surface area contributed by atoms with Gasteiger partial charge >= 0.3 is 299 Å². The monoisotopic (exact) mass is 1150 g/mol. The molecule has 7 heteroatoms. The predicted octanol–water partition coefficient (Wildman–Crippen LogP) is 20.5. The van der Waals surface area contributed by atoms with Crippen LogP contribution in [0.2, 0.25) is 8.87 Å². The molecule has 1 aliphatic heterocycles. The summed E-state index contributed by atoms with van der Waals surface area (Å²) in [5, 5.41) is 0. The molecule has 0 saturated carbocycles. The van der Waals surface area contributed by atoms with Crippen LogP contribution < -0.4 is 7.16 Å². The smallest absolute Gasteiger partial charge is 0.139 e. The number of hydrogen-bond acceptors (Lipinski definition) is 6. The van der Waals surface area contributed by atoms with Gasteiger partial charge in [-0.25, -0.2) is 0 Å². The first-order chi connectivity index (χ1) is 35.0. The molecule has 1 aliphatic rings. The zero-order chi connectivity index (χ0) is 48.8. The standard InChI is InChI=1S/C56H52S6.2C4H9.Sn/c1-3-5-7-9-11-13-15-45-29-33-49(57-45)53-37-39-55(61-53)51-35-31-47(59-51)27-21-41-17-23-43(24-18-41)44-25-19-42(20-26-44)22-28-48-32-36-52(60-48)56-40-38-54(62-56)50-34-30-46(58-50)16-14-12-10-8-6-4-2;2*1-3-4-2;/h17-20,23,25,29-40H,3-16H2,1-2H3;2*1,3-4H2,2H3;. The second-order valence-electron chi connectivity index (χ2n) is 19.5. The maximum absolute atomic E-state index is 3.66. The Bertz CT molecular complexity index is 2890. The van der Waals surface area contributed by atoms with E-state index in [1.54, 1.807) is 7.16 Å². The Balaban J connectivity index is 0.881. The fourth-order valence-corrected chi connectivity index (χ4v) is 33.2. The van der Waals surface area contributed by atoms with Crippen LogP contribution in [0.3, 0.4) is 0 Å². The van der Waals surface area contributed by atoms with E-state index >= 15 is 0 Å². The molecule has 0 spiro atoms. The van der Waals surface area contributed by atoms with Crippen molar-refractivity contribution in [2.75, 3.05) is 0 Å². The van der Waals surface area contributed by atoms with Crippen LogP contribution in [0.25, 0.3) is 50.1 Å². The summed E-state index contributed by atoms with van der Waals surface area (Å²) < 4.78 is 6.05. The molecular formula is C64H70S6Sn. The van der Waals surface area contributed by atoms with E-state index in [0.717, 1.165) is 20.9 Å². The minimum atomic E-state index is -3.12. The van der Waals surface area contributed by atoms with Crippen LogP contribution in [0.1, 0.15) is 161 Å². The summed E-state index contributed by atoms with van der Waals surface area (Å²) in [6, 6.07) is 42.1. The second kappa shape index (κ2) is 26.2. The van der Waals surface area contributed by atoms with Gasteiger partial charge in [-0.05, 0) is 49.9 Å². The molecule has 9 rings (SSSR count). The van der Waals surface area contributed by atoms with Crippen molar-refractivity contribution in [3.8, 4) is 73.8 Å². The fourth-order valence-electron chi connectivity index (χ4n) is 10.3.